The van der Waals surface area contributed by atoms with Crippen LogP contribution >= 0.6 is 0 Å². The van der Waals surface area contributed by atoms with Crippen LogP contribution in [0.15, 0.2) is 18.2 Å². The second kappa shape index (κ2) is 5.77. The number of nitrogen functional groups attached to an aromatic ring is 1. The molecule has 0 saturated heterocycles. The third kappa shape index (κ3) is 4.15. The fourth-order valence-corrected chi connectivity index (χ4v) is 1.28. The van der Waals surface area contributed by atoms with Gasteiger partial charge in [0.05, 0.1) is 25.0 Å². The summed E-state index contributed by atoms with van der Waals surface area (Å²) in [4.78, 5) is 0. The van der Waals surface area contributed by atoms with Gasteiger partial charge >= 0.3 is 0 Å². The number of ether oxygens (including phenoxy) is 3. The van der Waals surface area contributed by atoms with Crippen LogP contribution in [0.4, 0.5) is 5.69 Å². The van der Waals surface area contributed by atoms with E-state index in [-0.39, 0.29) is 5.60 Å². The number of hydrogen-bond donors (Lipinski definition) is 1. The molecule has 0 amide bonds. The zero-order chi connectivity index (χ0) is 12.9. The molecule has 17 heavy (non-hydrogen) atoms. The lowest BCUT2D eigenvalue weighted by molar-refractivity contribution is 0.00550. The summed E-state index contributed by atoms with van der Waals surface area (Å²) in [5.74, 6) is 1.39. The summed E-state index contributed by atoms with van der Waals surface area (Å²) in [7, 11) is 3.31. The van der Waals surface area contributed by atoms with E-state index in [0.29, 0.717) is 18.0 Å². The van der Waals surface area contributed by atoms with Crippen LogP contribution in [0.1, 0.15) is 20.3 Å². The Labute approximate surface area is 103 Å². The van der Waals surface area contributed by atoms with Crippen molar-refractivity contribution in [1.29, 1.82) is 0 Å². The molecule has 0 atom stereocenters. The average molecular weight is 239 g/mol. The summed E-state index contributed by atoms with van der Waals surface area (Å²) in [6, 6.07) is 5.37. The molecule has 1 aromatic rings. The Morgan fingerprint density at radius 2 is 1.94 bits per heavy atom. The van der Waals surface area contributed by atoms with E-state index >= 15 is 0 Å². The smallest absolute Gasteiger partial charge is 0.145 e. The minimum absolute atomic E-state index is 0.187. The Kier molecular flexibility index (Phi) is 4.63. The lowest BCUT2D eigenvalue weighted by atomic mass is 10.1. The average Bonchev–Trinajstić information content (AvgIpc) is 2.31. The van der Waals surface area contributed by atoms with Crippen molar-refractivity contribution in [3.8, 4) is 11.5 Å². The van der Waals surface area contributed by atoms with Crippen molar-refractivity contribution in [2.24, 2.45) is 0 Å². The third-order valence-corrected chi connectivity index (χ3v) is 2.74. The highest BCUT2D eigenvalue weighted by atomic mass is 16.5. The summed E-state index contributed by atoms with van der Waals surface area (Å²) in [5.41, 5.74) is 6.24. The molecule has 0 aliphatic rings. The fraction of sp³-hybridized carbons (Fsp3) is 0.538. The second-order valence-electron chi connectivity index (χ2n) is 4.47. The lowest BCUT2D eigenvalue weighted by Gasteiger charge is -2.22. The molecule has 0 aliphatic carbocycles. The number of benzene rings is 1. The lowest BCUT2D eigenvalue weighted by Crippen LogP contribution is -2.25. The van der Waals surface area contributed by atoms with E-state index in [9.17, 15) is 0 Å². The first-order valence-corrected chi connectivity index (χ1v) is 5.60. The molecule has 1 rings (SSSR count). The zero-order valence-corrected chi connectivity index (χ0v) is 10.9. The van der Waals surface area contributed by atoms with Gasteiger partial charge in [-0.2, -0.15) is 0 Å². The van der Waals surface area contributed by atoms with Gasteiger partial charge in [-0.1, -0.05) is 0 Å². The standard InChI is InChI=1S/C13H21NO3/c1-13(2,16-4)7-8-17-12-9-10(15-3)5-6-11(12)14/h5-6,9H,7-8,14H2,1-4H3. The Bertz CT molecular complexity index is 364. The van der Waals surface area contributed by atoms with Crippen LogP contribution in [0.3, 0.4) is 0 Å². The Morgan fingerprint density at radius 1 is 1.24 bits per heavy atom. The van der Waals surface area contributed by atoms with Crippen LogP contribution in [0, 0.1) is 0 Å². The van der Waals surface area contributed by atoms with Crippen molar-refractivity contribution < 1.29 is 14.2 Å². The van der Waals surface area contributed by atoms with Gasteiger partial charge in [0.15, 0.2) is 0 Å². The Hall–Kier alpha value is -1.42. The minimum atomic E-state index is -0.187. The third-order valence-electron chi connectivity index (χ3n) is 2.74. The van der Waals surface area contributed by atoms with Crippen LogP contribution in [-0.2, 0) is 4.74 Å². The number of hydrogen-bond acceptors (Lipinski definition) is 4. The minimum Gasteiger partial charge on any atom is -0.497 e. The van der Waals surface area contributed by atoms with Gasteiger partial charge in [0, 0.05) is 19.6 Å². The molecule has 0 saturated carbocycles. The summed E-state index contributed by atoms with van der Waals surface area (Å²) >= 11 is 0. The van der Waals surface area contributed by atoms with Gasteiger partial charge in [-0.3, -0.25) is 0 Å². The molecule has 96 valence electrons. The first-order valence-electron chi connectivity index (χ1n) is 5.60. The molecule has 0 spiro atoms. The van der Waals surface area contributed by atoms with Gasteiger partial charge in [0.1, 0.15) is 11.5 Å². The normalized spacial score (nSPS) is 11.3. The highest BCUT2D eigenvalue weighted by molar-refractivity contribution is 5.55. The quantitative estimate of drug-likeness (QED) is 0.775. The van der Waals surface area contributed by atoms with Crippen LogP contribution in [0.5, 0.6) is 11.5 Å². The zero-order valence-electron chi connectivity index (χ0n) is 10.9. The molecule has 4 nitrogen and oxygen atoms in total. The van der Waals surface area contributed by atoms with E-state index in [4.69, 9.17) is 19.9 Å². The van der Waals surface area contributed by atoms with Crippen molar-refractivity contribution in [2.45, 2.75) is 25.9 Å². The molecular weight excluding hydrogens is 218 g/mol. The van der Waals surface area contributed by atoms with Gasteiger partial charge in [-0.05, 0) is 26.0 Å². The van der Waals surface area contributed by atoms with Gasteiger partial charge < -0.3 is 19.9 Å². The van der Waals surface area contributed by atoms with Crippen LogP contribution in [0.2, 0.25) is 0 Å². The van der Waals surface area contributed by atoms with E-state index in [1.807, 2.05) is 13.8 Å². The maximum atomic E-state index is 5.81. The molecule has 0 aromatic heterocycles. The van der Waals surface area contributed by atoms with Crippen LogP contribution in [0.25, 0.3) is 0 Å². The molecule has 0 fully saturated rings. The van der Waals surface area contributed by atoms with Crippen molar-refractivity contribution in [1.82, 2.24) is 0 Å². The molecule has 0 bridgehead atoms. The molecule has 0 radical (unpaired) electrons. The molecule has 0 unspecified atom stereocenters. The van der Waals surface area contributed by atoms with Crippen molar-refractivity contribution in [2.75, 3.05) is 26.6 Å². The highest BCUT2D eigenvalue weighted by Gasteiger charge is 2.16. The summed E-state index contributed by atoms with van der Waals surface area (Å²) in [6.45, 7) is 4.59. The number of anilines is 1. The van der Waals surface area contributed by atoms with E-state index in [1.165, 1.54) is 0 Å². The molecule has 1 aromatic carbocycles. The van der Waals surface area contributed by atoms with Crippen molar-refractivity contribution >= 4 is 5.69 Å². The number of rotatable bonds is 6. The molecule has 0 aliphatic heterocycles. The first kappa shape index (κ1) is 13.6. The van der Waals surface area contributed by atoms with Crippen LogP contribution < -0.4 is 15.2 Å². The monoisotopic (exact) mass is 239 g/mol. The topological polar surface area (TPSA) is 53.7 Å². The first-order chi connectivity index (χ1) is 7.98. The van der Waals surface area contributed by atoms with E-state index in [1.54, 1.807) is 32.4 Å². The summed E-state index contributed by atoms with van der Waals surface area (Å²) < 4.78 is 16.1. The summed E-state index contributed by atoms with van der Waals surface area (Å²) in [5, 5.41) is 0. The second-order valence-corrected chi connectivity index (χ2v) is 4.47. The SMILES string of the molecule is COc1ccc(N)c(OCCC(C)(C)OC)c1. The predicted octanol–water partition coefficient (Wildman–Crippen LogP) is 2.47. The van der Waals surface area contributed by atoms with Crippen molar-refractivity contribution in [3.63, 3.8) is 0 Å². The Balaban J connectivity index is 2.57. The van der Waals surface area contributed by atoms with Gasteiger partial charge in [-0.15, -0.1) is 0 Å². The Morgan fingerprint density at radius 3 is 2.53 bits per heavy atom. The van der Waals surface area contributed by atoms with Crippen molar-refractivity contribution in [3.05, 3.63) is 18.2 Å². The molecular formula is C13H21NO3. The van der Waals surface area contributed by atoms with Gasteiger partial charge in [0.25, 0.3) is 0 Å². The summed E-state index contributed by atoms with van der Waals surface area (Å²) in [6.07, 6.45) is 0.792. The predicted molar refractivity (Wildman–Crippen MR) is 68.6 cm³/mol. The van der Waals surface area contributed by atoms with Crippen LogP contribution in [-0.4, -0.2) is 26.4 Å². The molecule has 2 N–H and O–H groups in total. The van der Waals surface area contributed by atoms with E-state index in [2.05, 4.69) is 0 Å². The molecule has 4 heteroatoms. The largest absolute Gasteiger partial charge is 0.497 e. The van der Waals surface area contributed by atoms with E-state index in [0.717, 1.165) is 12.2 Å². The van der Waals surface area contributed by atoms with E-state index < -0.39 is 0 Å². The molecule has 0 heterocycles. The maximum Gasteiger partial charge on any atom is 0.145 e. The number of nitrogens with two attached hydrogens (primary N) is 1. The fourth-order valence-electron chi connectivity index (χ4n) is 1.28. The van der Waals surface area contributed by atoms with Gasteiger partial charge in [-0.25, -0.2) is 0 Å². The van der Waals surface area contributed by atoms with Gasteiger partial charge in [0.2, 0.25) is 0 Å². The highest BCUT2D eigenvalue weighted by Crippen LogP contribution is 2.27. The number of methoxy groups -OCH3 is 2. The maximum absolute atomic E-state index is 5.81.